The minimum absolute atomic E-state index is 0.0105. The Kier molecular flexibility index (Phi) is 9.49. The zero-order valence-corrected chi connectivity index (χ0v) is 26.1. The summed E-state index contributed by atoms with van der Waals surface area (Å²) in [6.07, 6.45) is 1.41. The molecule has 0 aromatic heterocycles. The fourth-order valence-electron chi connectivity index (χ4n) is 6.12. The van der Waals surface area contributed by atoms with Gasteiger partial charge in [0, 0.05) is 31.4 Å². The molecule has 0 saturated carbocycles. The average molecular weight is 628 g/mol. The van der Waals surface area contributed by atoms with Gasteiger partial charge in [-0.2, -0.15) is 4.31 Å². The molecule has 228 valence electrons. The molecule has 44 heavy (non-hydrogen) atoms. The van der Waals surface area contributed by atoms with Crippen molar-refractivity contribution in [1.82, 2.24) is 14.5 Å². The lowest BCUT2D eigenvalue weighted by atomic mass is 9.93. The summed E-state index contributed by atoms with van der Waals surface area (Å²) in [5.41, 5.74) is 5.44. The van der Waals surface area contributed by atoms with Crippen LogP contribution < -0.4 is 5.32 Å². The highest BCUT2D eigenvalue weighted by atomic mass is 32.2. The maximum absolute atomic E-state index is 13.8. The molecule has 2 N–H and O–H groups in total. The quantitative estimate of drug-likeness (QED) is 0.255. The maximum atomic E-state index is 13.8. The second-order valence-corrected chi connectivity index (χ2v) is 14.3. The second kappa shape index (κ2) is 13.7. The number of nitrogens with one attached hydrogen (secondary N) is 1. The van der Waals surface area contributed by atoms with Crippen LogP contribution in [-0.4, -0.2) is 65.5 Å². The first-order valence-corrected chi connectivity index (χ1v) is 17.5. The molecule has 4 aromatic rings. The van der Waals surface area contributed by atoms with Gasteiger partial charge in [0.1, 0.15) is 5.37 Å². The van der Waals surface area contributed by atoms with Crippen molar-refractivity contribution >= 4 is 27.7 Å². The molecule has 0 bridgehead atoms. The van der Waals surface area contributed by atoms with Crippen molar-refractivity contribution in [3.63, 3.8) is 0 Å². The van der Waals surface area contributed by atoms with Gasteiger partial charge < -0.3 is 10.4 Å². The van der Waals surface area contributed by atoms with Gasteiger partial charge in [-0.3, -0.25) is 9.69 Å². The van der Waals surface area contributed by atoms with E-state index in [-0.39, 0.29) is 36.0 Å². The van der Waals surface area contributed by atoms with E-state index in [4.69, 9.17) is 0 Å². The molecule has 4 aromatic carbocycles. The molecule has 3 atom stereocenters. The number of thioether (sulfide) groups is 1. The van der Waals surface area contributed by atoms with E-state index >= 15 is 0 Å². The summed E-state index contributed by atoms with van der Waals surface area (Å²) >= 11 is 1.35. The number of aliphatic hydroxyl groups excluding tert-OH is 1. The molecule has 9 heteroatoms. The number of rotatable bonds is 10. The van der Waals surface area contributed by atoms with E-state index in [9.17, 15) is 18.3 Å². The Morgan fingerprint density at radius 2 is 1.50 bits per heavy atom. The summed E-state index contributed by atoms with van der Waals surface area (Å²) in [6, 6.07) is 34.5. The number of carbonyl (C=O) groups excluding carboxylic acids is 1. The number of nitrogens with zero attached hydrogens (tertiary/aromatic N) is 2. The zero-order chi connectivity index (χ0) is 30.5. The molecule has 1 saturated heterocycles. The smallest absolute Gasteiger partial charge is 0.249 e. The number of carbonyl (C=O) groups is 1. The van der Waals surface area contributed by atoms with Crippen LogP contribution in [0.1, 0.15) is 29.2 Å². The Morgan fingerprint density at radius 3 is 2.20 bits per heavy atom. The Labute approximate surface area is 264 Å². The van der Waals surface area contributed by atoms with Crippen LogP contribution in [0.25, 0.3) is 11.1 Å². The minimum atomic E-state index is -3.89. The topological polar surface area (TPSA) is 90.0 Å². The highest BCUT2D eigenvalue weighted by molar-refractivity contribution is 8.02. The molecule has 2 heterocycles. The van der Waals surface area contributed by atoms with Crippen LogP contribution in [0.3, 0.4) is 0 Å². The van der Waals surface area contributed by atoms with Crippen molar-refractivity contribution in [2.45, 2.75) is 41.7 Å². The number of sulfonamides is 1. The molecule has 0 radical (unpaired) electrons. The summed E-state index contributed by atoms with van der Waals surface area (Å²) in [6.45, 7) is 1.75. The standard InChI is InChI=1S/C35H37N3O4S2/c39-25-31-23-29-13-7-8-14-30(29)24-37(31)20-19-33(28-11-5-2-6-12-28)36-34(40)35-38(21-22-43-35)44(41,42)32-17-15-27(16-18-32)26-9-3-1-4-10-26/h1-18,31,33,35,39H,19-25H2,(H,36,40)/t31-,33?,35?/m0/s1. The molecule has 2 aliphatic heterocycles. The third-order valence-corrected chi connectivity index (χ3v) is 11.8. The van der Waals surface area contributed by atoms with Crippen molar-refractivity contribution in [2.75, 3.05) is 25.4 Å². The highest BCUT2D eigenvalue weighted by Crippen LogP contribution is 2.32. The molecule has 0 spiro atoms. The van der Waals surface area contributed by atoms with Gasteiger partial charge in [-0.25, -0.2) is 8.42 Å². The zero-order valence-electron chi connectivity index (χ0n) is 24.5. The van der Waals surface area contributed by atoms with Crippen molar-refractivity contribution in [2.24, 2.45) is 0 Å². The van der Waals surface area contributed by atoms with Crippen LogP contribution in [0.4, 0.5) is 0 Å². The van der Waals surface area contributed by atoms with Crippen molar-refractivity contribution in [3.8, 4) is 11.1 Å². The predicted molar refractivity (Wildman–Crippen MR) is 175 cm³/mol. The molecular formula is C35H37N3O4S2. The number of benzene rings is 4. The number of hydrogen-bond acceptors (Lipinski definition) is 6. The summed E-state index contributed by atoms with van der Waals surface area (Å²) < 4.78 is 28.8. The molecule has 6 rings (SSSR count). The Balaban J connectivity index is 1.17. The van der Waals surface area contributed by atoms with Crippen molar-refractivity contribution in [1.29, 1.82) is 0 Å². The van der Waals surface area contributed by atoms with Gasteiger partial charge in [0.15, 0.2) is 0 Å². The summed E-state index contributed by atoms with van der Waals surface area (Å²) in [5.74, 6) is 0.231. The Hall–Kier alpha value is -3.47. The van der Waals surface area contributed by atoms with Gasteiger partial charge in [-0.1, -0.05) is 97.1 Å². The Bertz CT molecular complexity index is 1670. The fourth-order valence-corrected chi connectivity index (χ4v) is 9.21. The van der Waals surface area contributed by atoms with E-state index in [1.807, 2.05) is 84.9 Å². The molecule has 1 fully saturated rings. The number of amides is 1. The maximum Gasteiger partial charge on any atom is 0.249 e. The van der Waals surface area contributed by atoms with E-state index in [0.29, 0.717) is 18.7 Å². The molecule has 7 nitrogen and oxygen atoms in total. The first-order valence-electron chi connectivity index (χ1n) is 15.0. The van der Waals surface area contributed by atoms with E-state index in [1.165, 1.54) is 27.2 Å². The normalized spacial score (nSPS) is 19.8. The van der Waals surface area contributed by atoms with Crippen LogP contribution in [-0.2, 0) is 27.8 Å². The summed E-state index contributed by atoms with van der Waals surface area (Å²) in [4.78, 5) is 16.3. The van der Waals surface area contributed by atoms with Gasteiger partial charge in [-0.05, 0) is 52.8 Å². The lowest BCUT2D eigenvalue weighted by Crippen LogP contribution is -2.47. The summed E-state index contributed by atoms with van der Waals surface area (Å²) in [5, 5.41) is 12.5. The first-order chi connectivity index (χ1) is 21.4. The third kappa shape index (κ3) is 6.62. The first kappa shape index (κ1) is 30.6. The van der Waals surface area contributed by atoms with E-state index in [2.05, 4.69) is 22.3 Å². The van der Waals surface area contributed by atoms with Gasteiger partial charge in [-0.15, -0.1) is 11.8 Å². The second-order valence-electron chi connectivity index (χ2n) is 11.3. The average Bonchev–Trinajstić information content (AvgIpc) is 3.58. The number of hydrogen-bond donors (Lipinski definition) is 2. The van der Waals surface area contributed by atoms with Gasteiger partial charge in [0.25, 0.3) is 0 Å². The molecular weight excluding hydrogens is 591 g/mol. The summed E-state index contributed by atoms with van der Waals surface area (Å²) in [7, 11) is -3.89. The highest BCUT2D eigenvalue weighted by Gasteiger charge is 2.41. The number of fused-ring (bicyclic) bond motifs is 1. The van der Waals surface area contributed by atoms with Gasteiger partial charge >= 0.3 is 0 Å². The third-order valence-electron chi connectivity index (χ3n) is 8.54. The fraction of sp³-hybridized carbons (Fsp3) is 0.286. The molecule has 1 amide bonds. The Morgan fingerprint density at radius 1 is 0.864 bits per heavy atom. The van der Waals surface area contributed by atoms with E-state index in [0.717, 1.165) is 29.7 Å². The predicted octanol–water partition coefficient (Wildman–Crippen LogP) is 5.08. The van der Waals surface area contributed by atoms with E-state index in [1.54, 1.807) is 12.1 Å². The minimum Gasteiger partial charge on any atom is -0.395 e. The van der Waals surface area contributed by atoms with Gasteiger partial charge in [0.2, 0.25) is 15.9 Å². The van der Waals surface area contributed by atoms with Crippen LogP contribution in [0.5, 0.6) is 0 Å². The van der Waals surface area contributed by atoms with Crippen molar-refractivity contribution < 1.29 is 18.3 Å². The van der Waals surface area contributed by atoms with E-state index < -0.39 is 15.4 Å². The van der Waals surface area contributed by atoms with Crippen LogP contribution in [0.15, 0.2) is 114 Å². The SMILES string of the molecule is O=C(NC(CCN1Cc2ccccc2C[C@H]1CO)c1ccccc1)C1SCCN1S(=O)(=O)c1ccc(-c2ccccc2)cc1. The lowest BCUT2D eigenvalue weighted by molar-refractivity contribution is -0.123. The van der Waals surface area contributed by atoms with Crippen LogP contribution >= 0.6 is 11.8 Å². The van der Waals surface area contributed by atoms with Crippen LogP contribution in [0.2, 0.25) is 0 Å². The number of aliphatic hydroxyl groups is 1. The van der Waals surface area contributed by atoms with Crippen LogP contribution in [0, 0.1) is 0 Å². The van der Waals surface area contributed by atoms with Gasteiger partial charge in [0.05, 0.1) is 17.5 Å². The van der Waals surface area contributed by atoms with Crippen molar-refractivity contribution in [3.05, 3.63) is 126 Å². The molecule has 2 aliphatic rings. The molecule has 0 aliphatic carbocycles. The lowest BCUT2D eigenvalue weighted by Gasteiger charge is -2.37. The molecule has 2 unspecified atom stereocenters. The monoisotopic (exact) mass is 627 g/mol. The largest absolute Gasteiger partial charge is 0.395 e.